The summed E-state index contributed by atoms with van der Waals surface area (Å²) < 4.78 is 0. The molecule has 1 aromatic rings. The van der Waals surface area contributed by atoms with Crippen LogP contribution in [0, 0.1) is 5.92 Å². The van der Waals surface area contributed by atoms with E-state index in [4.69, 9.17) is 17.3 Å². The van der Waals surface area contributed by atoms with Crippen LogP contribution in [0.1, 0.15) is 42.5 Å². The fourth-order valence-electron chi connectivity index (χ4n) is 3.74. The number of benzene rings is 1. The first-order valence-corrected chi connectivity index (χ1v) is 9.52. The monoisotopic (exact) mass is 363 g/mol. The average Bonchev–Trinajstić information content (AvgIpc) is 2.86. The van der Waals surface area contributed by atoms with Crippen LogP contribution in [0.2, 0.25) is 5.02 Å². The lowest BCUT2D eigenvalue weighted by molar-refractivity contribution is -0.136. The molecular formula is C19H26ClN3O2. The van der Waals surface area contributed by atoms with Crippen molar-refractivity contribution in [3.05, 3.63) is 34.9 Å². The molecule has 2 amide bonds. The highest BCUT2D eigenvalue weighted by atomic mass is 35.5. The van der Waals surface area contributed by atoms with Crippen LogP contribution in [0.4, 0.5) is 0 Å². The minimum Gasteiger partial charge on any atom is -0.342 e. The number of halogens is 1. The highest BCUT2D eigenvalue weighted by Gasteiger charge is 2.31. The molecule has 1 aromatic carbocycles. The first-order chi connectivity index (χ1) is 12.1. The van der Waals surface area contributed by atoms with Crippen LogP contribution < -0.4 is 5.73 Å². The van der Waals surface area contributed by atoms with Crippen molar-refractivity contribution in [2.75, 3.05) is 26.2 Å². The second-order valence-electron chi connectivity index (χ2n) is 7.06. The summed E-state index contributed by atoms with van der Waals surface area (Å²) in [5.41, 5.74) is 6.54. The molecule has 2 aliphatic rings. The van der Waals surface area contributed by atoms with Gasteiger partial charge in [0.2, 0.25) is 5.91 Å². The van der Waals surface area contributed by atoms with Crippen molar-refractivity contribution in [2.24, 2.45) is 11.7 Å². The molecule has 0 radical (unpaired) electrons. The highest BCUT2D eigenvalue weighted by molar-refractivity contribution is 6.33. The van der Waals surface area contributed by atoms with E-state index in [0.29, 0.717) is 23.7 Å². The summed E-state index contributed by atoms with van der Waals surface area (Å²) in [4.78, 5) is 29.2. The average molecular weight is 364 g/mol. The van der Waals surface area contributed by atoms with Crippen LogP contribution in [-0.2, 0) is 4.79 Å². The number of carbonyl (C=O) groups is 2. The molecule has 25 heavy (non-hydrogen) atoms. The number of rotatable bonds is 2. The molecule has 0 unspecified atom stereocenters. The van der Waals surface area contributed by atoms with Gasteiger partial charge in [-0.15, -0.1) is 0 Å². The Morgan fingerprint density at radius 1 is 0.960 bits per heavy atom. The molecule has 2 heterocycles. The molecule has 0 bridgehead atoms. The molecule has 0 aliphatic carbocycles. The van der Waals surface area contributed by atoms with Crippen molar-refractivity contribution < 1.29 is 9.59 Å². The Morgan fingerprint density at radius 2 is 1.64 bits per heavy atom. The molecule has 2 aliphatic heterocycles. The van der Waals surface area contributed by atoms with Crippen molar-refractivity contribution in [1.82, 2.24) is 9.80 Å². The lowest BCUT2D eigenvalue weighted by Crippen LogP contribution is -2.44. The van der Waals surface area contributed by atoms with Gasteiger partial charge in [0.25, 0.3) is 5.91 Å². The molecule has 6 heteroatoms. The Hall–Kier alpha value is -1.59. The minimum atomic E-state index is -0.0442. The molecule has 0 saturated carbocycles. The van der Waals surface area contributed by atoms with E-state index >= 15 is 0 Å². The standard InChI is InChI=1S/C19H26ClN3O2/c20-17-6-2-1-5-16(17)19(25)23-11-7-14(8-12-23)18(24)22-10-3-4-15(21)9-13-22/h1-2,5-6,14-15H,3-4,7-13,21H2/t15-/m1/s1. The molecule has 2 N–H and O–H groups in total. The van der Waals surface area contributed by atoms with Gasteiger partial charge < -0.3 is 15.5 Å². The predicted molar refractivity (Wildman–Crippen MR) is 98.5 cm³/mol. The smallest absolute Gasteiger partial charge is 0.255 e. The van der Waals surface area contributed by atoms with Gasteiger partial charge in [0.05, 0.1) is 10.6 Å². The summed E-state index contributed by atoms with van der Waals surface area (Å²) in [5.74, 6) is 0.209. The Balaban J connectivity index is 1.55. The van der Waals surface area contributed by atoms with Crippen molar-refractivity contribution in [3.8, 4) is 0 Å². The van der Waals surface area contributed by atoms with Crippen LogP contribution in [0.3, 0.4) is 0 Å². The van der Waals surface area contributed by atoms with E-state index in [1.165, 1.54) is 0 Å². The largest absolute Gasteiger partial charge is 0.342 e. The summed E-state index contributed by atoms with van der Waals surface area (Å²) in [5, 5.41) is 0.478. The third kappa shape index (κ3) is 4.33. The lowest BCUT2D eigenvalue weighted by Gasteiger charge is -2.34. The summed E-state index contributed by atoms with van der Waals surface area (Å²) in [6.07, 6.45) is 4.30. The zero-order chi connectivity index (χ0) is 17.8. The van der Waals surface area contributed by atoms with Crippen molar-refractivity contribution >= 4 is 23.4 Å². The van der Waals surface area contributed by atoms with Crippen LogP contribution in [0.25, 0.3) is 0 Å². The van der Waals surface area contributed by atoms with Gasteiger partial charge in [0, 0.05) is 38.1 Å². The fourth-order valence-corrected chi connectivity index (χ4v) is 3.95. The first-order valence-electron chi connectivity index (χ1n) is 9.14. The van der Waals surface area contributed by atoms with Gasteiger partial charge in [-0.3, -0.25) is 9.59 Å². The molecule has 0 aromatic heterocycles. The number of carbonyl (C=O) groups excluding carboxylic acids is 2. The maximum absolute atomic E-state index is 12.8. The van der Waals surface area contributed by atoms with E-state index in [-0.39, 0.29) is 23.8 Å². The van der Waals surface area contributed by atoms with Crippen molar-refractivity contribution in [3.63, 3.8) is 0 Å². The van der Waals surface area contributed by atoms with Gasteiger partial charge >= 0.3 is 0 Å². The van der Waals surface area contributed by atoms with Crippen LogP contribution >= 0.6 is 11.6 Å². The quantitative estimate of drug-likeness (QED) is 0.878. The maximum atomic E-state index is 12.8. The van der Waals surface area contributed by atoms with Gasteiger partial charge in [-0.25, -0.2) is 0 Å². The zero-order valence-corrected chi connectivity index (χ0v) is 15.3. The second-order valence-corrected chi connectivity index (χ2v) is 7.47. The maximum Gasteiger partial charge on any atom is 0.255 e. The van der Waals surface area contributed by atoms with Crippen LogP contribution in [-0.4, -0.2) is 53.8 Å². The highest BCUT2D eigenvalue weighted by Crippen LogP contribution is 2.24. The number of piperidine rings is 1. The molecule has 136 valence electrons. The van der Waals surface area contributed by atoms with Crippen LogP contribution in [0.15, 0.2) is 24.3 Å². The van der Waals surface area contributed by atoms with Gasteiger partial charge in [-0.1, -0.05) is 23.7 Å². The zero-order valence-electron chi connectivity index (χ0n) is 14.5. The van der Waals surface area contributed by atoms with Gasteiger partial charge in [0.15, 0.2) is 0 Å². The van der Waals surface area contributed by atoms with E-state index in [1.54, 1.807) is 12.1 Å². The topological polar surface area (TPSA) is 66.6 Å². The fraction of sp³-hybridized carbons (Fsp3) is 0.579. The first kappa shape index (κ1) is 18.2. The van der Waals surface area contributed by atoms with E-state index < -0.39 is 0 Å². The molecule has 0 spiro atoms. The van der Waals surface area contributed by atoms with Gasteiger partial charge in [-0.2, -0.15) is 0 Å². The number of hydrogen-bond donors (Lipinski definition) is 1. The number of likely N-dealkylation sites (tertiary alicyclic amines) is 2. The molecule has 3 rings (SSSR count). The van der Waals surface area contributed by atoms with Crippen molar-refractivity contribution in [1.29, 1.82) is 0 Å². The second kappa shape index (κ2) is 8.19. The minimum absolute atomic E-state index is 0.0182. The normalized spacial score (nSPS) is 22.6. The Bertz CT molecular complexity index is 629. The van der Waals surface area contributed by atoms with E-state index in [2.05, 4.69) is 0 Å². The van der Waals surface area contributed by atoms with Crippen molar-refractivity contribution in [2.45, 2.75) is 38.1 Å². The summed E-state index contributed by atoms with van der Waals surface area (Å²) >= 11 is 6.13. The van der Waals surface area contributed by atoms with Gasteiger partial charge in [0.1, 0.15) is 0 Å². The third-order valence-corrected chi connectivity index (χ3v) is 5.65. The number of amides is 2. The van der Waals surface area contributed by atoms with Crippen LogP contribution in [0.5, 0.6) is 0 Å². The number of hydrogen-bond acceptors (Lipinski definition) is 3. The number of nitrogens with zero attached hydrogens (tertiary/aromatic N) is 2. The summed E-state index contributed by atoms with van der Waals surface area (Å²) in [6, 6.07) is 7.33. The molecule has 1 atom stereocenters. The molecular weight excluding hydrogens is 338 g/mol. The summed E-state index contributed by atoms with van der Waals surface area (Å²) in [6.45, 7) is 2.78. The number of nitrogens with two attached hydrogens (primary N) is 1. The van der Waals surface area contributed by atoms with E-state index in [9.17, 15) is 9.59 Å². The molecule has 2 fully saturated rings. The van der Waals surface area contributed by atoms with E-state index in [0.717, 1.165) is 45.2 Å². The van der Waals surface area contributed by atoms with Gasteiger partial charge in [-0.05, 0) is 44.2 Å². The molecule has 2 saturated heterocycles. The summed E-state index contributed by atoms with van der Waals surface area (Å²) in [7, 11) is 0. The Morgan fingerprint density at radius 3 is 2.36 bits per heavy atom. The lowest BCUT2D eigenvalue weighted by atomic mass is 9.94. The predicted octanol–water partition coefficient (Wildman–Crippen LogP) is 2.53. The third-order valence-electron chi connectivity index (χ3n) is 5.32. The SMILES string of the molecule is N[C@@H]1CCCN(C(=O)C2CCN(C(=O)c3ccccc3Cl)CC2)CC1. The Kier molecular flexibility index (Phi) is 5.97. The molecule has 5 nitrogen and oxygen atoms in total. The van der Waals surface area contributed by atoms with E-state index in [1.807, 2.05) is 21.9 Å². The Labute approximate surface area is 154 Å².